The maximum absolute atomic E-state index is 11.2. The molecule has 1 aromatic heterocycles. The molecule has 6 heteroatoms. The molecule has 1 unspecified atom stereocenters. The van der Waals surface area contributed by atoms with Gasteiger partial charge in [0.15, 0.2) is 5.69 Å². The summed E-state index contributed by atoms with van der Waals surface area (Å²) in [4.78, 5) is 11.2. The van der Waals surface area contributed by atoms with Crippen molar-refractivity contribution in [2.45, 2.75) is 25.3 Å². The van der Waals surface area contributed by atoms with Crippen LogP contribution in [0.1, 0.15) is 35.8 Å². The minimum atomic E-state index is -1.06. The number of carboxylic acids is 1. The highest BCUT2D eigenvalue weighted by molar-refractivity contribution is 6.35. The van der Waals surface area contributed by atoms with E-state index < -0.39 is 11.5 Å². The molecule has 0 radical (unpaired) electrons. The average molecular weight is 363 g/mol. The summed E-state index contributed by atoms with van der Waals surface area (Å²) in [5.74, 6) is -1.06. The molecule has 2 aromatic rings. The zero-order valence-corrected chi connectivity index (χ0v) is 14.6. The number of benzene rings is 1. The standard InChI is InChI=1S/C18H16Cl2N2O2/c1-2-12-4-3-8-18(11-12,14-6-5-13(19)10-15(14)20)22-9-7-16(21-22)17(23)24/h3-7,9-11H,2,8H2,1H3,(H,23,24). The van der Waals surface area contributed by atoms with E-state index in [1.165, 1.54) is 6.07 Å². The second kappa shape index (κ2) is 6.46. The Bertz CT molecular complexity index is 854. The van der Waals surface area contributed by atoms with E-state index in [0.717, 1.165) is 17.6 Å². The highest BCUT2D eigenvalue weighted by atomic mass is 35.5. The predicted molar refractivity (Wildman–Crippen MR) is 94.9 cm³/mol. The van der Waals surface area contributed by atoms with Crippen molar-refractivity contribution in [2.75, 3.05) is 0 Å². The number of nitrogens with zero attached hydrogens (tertiary/aromatic N) is 2. The van der Waals surface area contributed by atoms with Gasteiger partial charge in [-0.05, 0) is 42.7 Å². The normalized spacial score (nSPS) is 20.0. The van der Waals surface area contributed by atoms with Gasteiger partial charge in [-0.3, -0.25) is 4.68 Å². The first kappa shape index (κ1) is 16.8. The number of halogens is 2. The van der Waals surface area contributed by atoms with Crippen LogP contribution in [0.5, 0.6) is 0 Å². The molecule has 0 saturated heterocycles. The number of hydrogen-bond donors (Lipinski definition) is 1. The summed E-state index contributed by atoms with van der Waals surface area (Å²) < 4.78 is 1.67. The van der Waals surface area contributed by atoms with Gasteiger partial charge in [-0.25, -0.2) is 4.79 Å². The highest BCUT2D eigenvalue weighted by Crippen LogP contribution is 2.40. The number of allylic oxidation sites excluding steroid dienone is 4. The monoisotopic (exact) mass is 362 g/mol. The fourth-order valence-electron chi connectivity index (χ4n) is 3.00. The van der Waals surface area contributed by atoms with Crippen LogP contribution in [0.4, 0.5) is 0 Å². The van der Waals surface area contributed by atoms with E-state index in [9.17, 15) is 9.90 Å². The third-order valence-electron chi connectivity index (χ3n) is 4.21. The molecule has 24 heavy (non-hydrogen) atoms. The summed E-state index contributed by atoms with van der Waals surface area (Å²) >= 11 is 12.5. The molecular formula is C18H16Cl2N2O2. The summed E-state index contributed by atoms with van der Waals surface area (Å²) in [5, 5.41) is 14.5. The number of aromatic nitrogens is 2. The maximum atomic E-state index is 11.2. The van der Waals surface area contributed by atoms with E-state index in [-0.39, 0.29) is 5.69 Å². The zero-order chi connectivity index (χ0) is 17.3. The van der Waals surface area contributed by atoms with E-state index in [2.05, 4.69) is 30.3 Å². The molecule has 0 aliphatic heterocycles. The third kappa shape index (κ3) is 2.87. The van der Waals surface area contributed by atoms with Gasteiger partial charge in [-0.1, -0.05) is 48.3 Å². The topological polar surface area (TPSA) is 55.1 Å². The van der Waals surface area contributed by atoms with E-state index in [1.807, 2.05) is 6.07 Å². The van der Waals surface area contributed by atoms with Gasteiger partial charge < -0.3 is 5.11 Å². The van der Waals surface area contributed by atoms with E-state index in [1.54, 1.807) is 23.0 Å². The van der Waals surface area contributed by atoms with E-state index >= 15 is 0 Å². The van der Waals surface area contributed by atoms with Gasteiger partial charge in [0.25, 0.3) is 0 Å². The van der Waals surface area contributed by atoms with Crippen molar-refractivity contribution >= 4 is 29.2 Å². The van der Waals surface area contributed by atoms with Crippen LogP contribution in [-0.2, 0) is 5.54 Å². The molecule has 1 heterocycles. The Morgan fingerprint density at radius 2 is 2.17 bits per heavy atom. The van der Waals surface area contributed by atoms with Crippen molar-refractivity contribution in [3.05, 3.63) is 75.6 Å². The zero-order valence-electron chi connectivity index (χ0n) is 13.0. The quantitative estimate of drug-likeness (QED) is 0.838. The first-order valence-corrected chi connectivity index (χ1v) is 8.35. The lowest BCUT2D eigenvalue weighted by molar-refractivity contribution is 0.0689. The van der Waals surface area contributed by atoms with E-state index in [4.69, 9.17) is 23.2 Å². The molecule has 0 bridgehead atoms. The van der Waals surface area contributed by atoms with Crippen LogP contribution in [0.2, 0.25) is 10.0 Å². The maximum Gasteiger partial charge on any atom is 0.356 e. The minimum absolute atomic E-state index is 0.000428. The number of aromatic carboxylic acids is 1. The van der Waals surface area contributed by atoms with Crippen LogP contribution in [0.15, 0.2) is 54.3 Å². The molecule has 1 aromatic carbocycles. The molecule has 0 saturated carbocycles. The third-order valence-corrected chi connectivity index (χ3v) is 4.76. The summed E-state index contributed by atoms with van der Waals surface area (Å²) in [7, 11) is 0. The first-order valence-electron chi connectivity index (χ1n) is 7.59. The van der Waals surface area contributed by atoms with Crippen molar-refractivity contribution in [1.82, 2.24) is 9.78 Å². The minimum Gasteiger partial charge on any atom is -0.476 e. The Balaban J connectivity index is 2.23. The predicted octanol–water partition coefficient (Wildman–Crippen LogP) is 4.93. The molecule has 1 aliphatic carbocycles. The van der Waals surface area contributed by atoms with Gasteiger partial charge >= 0.3 is 5.97 Å². The number of carbonyl (C=O) groups is 1. The Hall–Kier alpha value is -2.04. The average Bonchev–Trinajstić information content (AvgIpc) is 3.05. The van der Waals surface area contributed by atoms with Gasteiger partial charge in [-0.2, -0.15) is 5.10 Å². The fourth-order valence-corrected chi connectivity index (χ4v) is 3.57. The molecule has 0 amide bonds. The second-order valence-corrected chi connectivity index (χ2v) is 6.52. The summed E-state index contributed by atoms with van der Waals surface area (Å²) in [6.45, 7) is 2.07. The molecule has 0 spiro atoms. The van der Waals surface area contributed by atoms with Crippen LogP contribution in [-0.4, -0.2) is 20.9 Å². The van der Waals surface area contributed by atoms with Gasteiger partial charge in [-0.15, -0.1) is 0 Å². The lowest BCUT2D eigenvalue weighted by Crippen LogP contribution is -2.35. The highest BCUT2D eigenvalue weighted by Gasteiger charge is 2.36. The molecular weight excluding hydrogens is 347 g/mol. The van der Waals surface area contributed by atoms with Crippen molar-refractivity contribution < 1.29 is 9.90 Å². The number of carboxylic acid groups (broad SMARTS) is 1. The fraction of sp³-hybridized carbons (Fsp3) is 0.222. The van der Waals surface area contributed by atoms with Crippen LogP contribution in [0, 0.1) is 0 Å². The molecule has 3 rings (SSSR count). The largest absolute Gasteiger partial charge is 0.476 e. The van der Waals surface area contributed by atoms with Crippen molar-refractivity contribution in [2.24, 2.45) is 0 Å². The number of hydrogen-bond acceptors (Lipinski definition) is 2. The summed E-state index contributed by atoms with van der Waals surface area (Å²) in [6, 6.07) is 6.84. The van der Waals surface area contributed by atoms with Crippen molar-refractivity contribution in [3.8, 4) is 0 Å². The van der Waals surface area contributed by atoms with Gasteiger partial charge in [0.05, 0.1) is 0 Å². The van der Waals surface area contributed by atoms with Gasteiger partial charge in [0.2, 0.25) is 0 Å². The van der Waals surface area contributed by atoms with E-state index in [0.29, 0.717) is 16.5 Å². The van der Waals surface area contributed by atoms with Crippen LogP contribution < -0.4 is 0 Å². The smallest absolute Gasteiger partial charge is 0.356 e. The molecule has 1 atom stereocenters. The summed E-state index contributed by atoms with van der Waals surface area (Å²) in [5.41, 5.74) is 1.30. The van der Waals surface area contributed by atoms with Crippen LogP contribution in [0.3, 0.4) is 0 Å². The Labute approximate surface area is 150 Å². The van der Waals surface area contributed by atoms with Crippen LogP contribution in [0.25, 0.3) is 0 Å². The number of rotatable bonds is 4. The second-order valence-electron chi connectivity index (χ2n) is 5.68. The summed E-state index contributed by atoms with van der Waals surface area (Å²) in [6.07, 6.45) is 9.39. The molecule has 1 aliphatic rings. The SMILES string of the molecule is CCC1=CC(c2ccc(Cl)cc2Cl)(n2ccc(C(=O)O)n2)CC=C1. The Kier molecular flexibility index (Phi) is 4.52. The lowest BCUT2D eigenvalue weighted by Gasteiger charge is -2.34. The first-order chi connectivity index (χ1) is 11.5. The molecule has 124 valence electrons. The molecule has 4 nitrogen and oxygen atoms in total. The molecule has 0 fully saturated rings. The van der Waals surface area contributed by atoms with Gasteiger partial charge in [0, 0.05) is 21.8 Å². The van der Waals surface area contributed by atoms with Crippen LogP contribution >= 0.6 is 23.2 Å². The Morgan fingerprint density at radius 3 is 2.79 bits per heavy atom. The lowest BCUT2D eigenvalue weighted by atomic mass is 9.81. The van der Waals surface area contributed by atoms with Crippen molar-refractivity contribution in [1.29, 1.82) is 0 Å². The van der Waals surface area contributed by atoms with Crippen molar-refractivity contribution in [3.63, 3.8) is 0 Å². The Morgan fingerprint density at radius 1 is 1.38 bits per heavy atom. The molecule has 1 N–H and O–H groups in total. The van der Waals surface area contributed by atoms with Gasteiger partial charge in [0.1, 0.15) is 5.54 Å².